The standard InChI is InChI=1S/C11H15NO2/c1-3-9-6-4-5-7-10(9)12-11(14)8(2)13/h4-8,13H,3H2,1-2H3,(H,12,14). The number of hydrogen-bond donors (Lipinski definition) is 2. The van der Waals surface area contributed by atoms with Crippen LogP contribution in [0, 0.1) is 0 Å². The van der Waals surface area contributed by atoms with Crippen LogP contribution in [0.5, 0.6) is 0 Å². The van der Waals surface area contributed by atoms with Gasteiger partial charge in [0.15, 0.2) is 0 Å². The van der Waals surface area contributed by atoms with E-state index in [0.717, 1.165) is 17.7 Å². The first kappa shape index (κ1) is 10.7. The number of benzene rings is 1. The first-order chi connectivity index (χ1) is 6.65. The van der Waals surface area contributed by atoms with Gasteiger partial charge in [0.05, 0.1) is 0 Å². The first-order valence-corrected chi connectivity index (χ1v) is 4.72. The predicted molar refractivity (Wildman–Crippen MR) is 56.1 cm³/mol. The number of carbonyl (C=O) groups excluding carboxylic acids is 1. The van der Waals surface area contributed by atoms with E-state index >= 15 is 0 Å². The van der Waals surface area contributed by atoms with E-state index in [1.165, 1.54) is 6.92 Å². The summed E-state index contributed by atoms with van der Waals surface area (Å²) in [7, 11) is 0. The molecule has 0 aliphatic carbocycles. The van der Waals surface area contributed by atoms with E-state index in [0.29, 0.717) is 0 Å². The highest BCUT2D eigenvalue weighted by Crippen LogP contribution is 2.15. The van der Waals surface area contributed by atoms with Crippen molar-refractivity contribution in [3.8, 4) is 0 Å². The number of aliphatic hydroxyl groups is 1. The van der Waals surface area contributed by atoms with Gasteiger partial charge in [0.25, 0.3) is 5.91 Å². The van der Waals surface area contributed by atoms with E-state index in [-0.39, 0.29) is 5.91 Å². The smallest absolute Gasteiger partial charge is 0.252 e. The number of carbonyl (C=O) groups is 1. The van der Waals surface area contributed by atoms with Crippen LogP contribution in [-0.2, 0) is 11.2 Å². The summed E-state index contributed by atoms with van der Waals surface area (Å²) in [5.74, 6) is -0.370. The zero-order valence-corrected chi connectivity index (χ0v) is 8.45. The van der Waals surface area contributed by atoms with Crippen LogP contribution in [0.3, 0.4) is 0 Å². The Bertz CT molecular complexity index is 321. The molecule has 0 radical (unpaired) electrons. The van der Waals surface area contributed by atoms with Crippen molar-refractivity contribution in [2.45, 2.75) is 26.4 Å². The van der Waals surface area contributed by atoms with Gasteiger partial charge in [-0.2, -0.15) is 0 Å². The Kier molecular flexibility index (Phi) is 3.65. The molecule has 1 aromatic carbocycles. The van der Waals surface area contributed by atoms with Crippen molar-refractivity contribution in [3.63, 3.8) is 0 Å². The molecule has 1 amide bonds. The Morgan fingerprint density at radius 2 is 2.14 bits per heavy atom. The van der Waals surface area contributed by atoms with Crippen LogP contribution in [0.1, 0.15) is 19.4 Å². The molecule has 0 fully saturated rings. The third-order valence-electron chi connectivity index (χ3n) is 2.04. The van der Waals surface area contributed by atoms with Crippen LogP contribution in [0.2, 0.25) is 0 Å². The summed E-state index contributed by atoms with van der Waals surface area (Å²) in [6.07, 6.45) is -0.115. The molecule has 76 valence electrons. The van der Waals surface area contributed by atoms with Crippen molar-refractivity contribution in [3.05, 3.63) is 29.8 Å². The molecular formula is C11H15NO2. The maximum Gasteiger partial charge on any atom is 0.252 e. The van der Waals surface area contributed by atoms with Crippen LogP contribution in [-0.4, -0.2) is 17.1 Å². The van der Waals surface area contributed by atoms with Crippen molar-refractivity contribution in [2.75, 3.05) is 5.32 Å². The molecule has 0 saturated heterocycles. The highest BCUT2D eigenvalue weighted by Gasteiger charge is 2.09. The van der Waals surface area contributed by atoms with Crippen molar-refractivity contribution in [2.24, 2.45) is 0 Å². The number of hydrogen-bond acceptors (Lipinski definition) is 2. The van der Waals surface area contributed by atoms with Gasteiger partial charge in [-0.05, 0) is 25.0 Å². The van der Waals surface area contributed by atoms with Crippen LogP contribution in [0.15, 0.2) is 24.3 Å². The minimum Gasteiger partial charge on any atom is -0.384 e. The van der Waals surface area contributed by atoms with E-state index in [9.17, 15) is 4.79 Å². The minimum atomic E-state index is -0.972. The lowest BCUT2D eigenvalue weighted by Gasteiger charge is -2.10. The number of amides is 1. The quantitative estimate of drug-likeness (QED) is 0.765. The van der Waals surface area contributed by atoms with Gasteiger partial charge in [-0.3, -0.25) is 4.79 Å². The molecule has 0 aliphatic heterocycles. The monoisotopic (exact) mass is 193 g/mol. The lowest BCUT2D eigenvalue weighted by Crippen LogP contribution is -2.24. The molecule has 2 N–H and O–H groups in total. The normalized spacial score (nSPS) is 12.2. The fraction of sp³-hybridized carbons (Fsp3) is 0.364. The topological polar surface area (TPSA) is 49.3 Å². The fourth-order valence-corrected chi connectivity index (χ4v) is 1.19. The lowest BCUT2D eigenvalue weighted by molar-refractivity contribution is -0.123. The molecule has 1 aromatic rings. The second kappa shape index (κ2) is 4.77. The summed E-state index contributed by atoms with van der Waals surface area (Å²) in [5, 5.41) is 11.7. The van der Waals surface area contributed by atoms with Gasteiger partial charge in [-0.1, -0.05) is 25.1 Å². The van der Waals surface area contributed by atoms with Gasteiger partial charge in [0.1, 0.15) is 6.10 Å². The number of nitrogens with one attached hydrogen (secondary N) is 1. The van der Waals surface area contributed by atoms with Crippen molar-refractivity contribution >= 4 is 11.6 Å². The molecule has 3 heteroatoms. The Labute approximate surface area is 83.8 Å². The second-order valence-corrected chi connectivity index (χ2v) is 3.18. The predicted octanol–water partition coefficient (Wildman–Crippen LogP) is 1.57. The van der Waals surface area contributed by atoms with Crippen LogP contribution in [0.25, 0.3) is 0 Å². The summed E-state index contributed by atoms with van der Waals surface area (Å²) in [6, 6.07) is 7.57. The number of aliphatic hydroxyl groups excluding tert-OH is 1. The highest BCUT2D eigenvalue weighted by atomic mass is 16.3. The largest absolute Gasteiger partial charge is 0.384 e. The van der Waals surface area contributed by atoms with E-state index in [4.69, 9.17) is 5.11 Å². The summed E-state index contributed by atoms with van der Waals surface area (Å²) >= 11 is 0. The SMILES string of the molecule is CCc1ccccc1NC(=O)C(C)O. The fourth-order valence-electron chi connectivity index (χ4n) is 1.19. The molecule has 0 bridgehead atoms. The Morgan fingerprint density at radius 3 is 2.71 bits per heavy atom. The molecule has 0 heterocycles. The van der Waals surface area contributed by atoms with Crippen LogP contribution >= 0.6 is 0 Å². The molecule has 0 aliphatic rings. The maximum atomic E-state index is 11.2. The summed E-state index contributed by atoms with van der Waals surface area (Å²) in [4.78, 5) is 11.2. The van der Waals surface area contributed by atoms with Crippen molar-refractivity contribution < 1.29 is 9.90 Å². The van der Waals surface area contributed by atoms with E-state index in [2.05, 4.69) is 5.32 Å². The van der Waals surface area contributed by atoms with Gasteiger partial charge in [-0.15, -0.1) is 0 Å². The molecule has 3 nitrogen and oxygen atoms in total. The zero-order chi connectivity index (χ0) is 10.6. The summed E-state index contributed by atoms with van der Waals surface area (Å²) in [5.41, 5.74) is 1.85. The average Bonchev–Trinajstić information content (AvgIpc) is 2.18. The Hall–Kier alpha value is -1.35. The van der Waals surface area contributed by atoms with Gasteiger partial charge < -0.3 is 10.4 Å². The number of rotatable bonds is 3. The molecule has 0 saturated carbocycles. The third kappa shape index (κ3) is 2.57. The Morgan fingerprint density at radius 1 is 1.50 bits per heavy atom. The van der Waals surface area contributed by atoms with Crippen LogP contribution < -0.4 is 5.32 Å². The van der Waals surface area contributed by atoms with E-state index in [1.54, 1.807) is 0 Å². The molecule has 1 atom stereocenters. The van der Waals surface area contributed by atoms with Gasteiger partial charge in [0, 0.05) is 5.69 Å². The minimum absolute atomic E-state index is 0.370. The number of para-hydroxylation sites is 1. The van der Waals surface area contributed by atoms with Gasteiger partial charge in [-0.25, -0.2) is 0 Å². The molecule has 14 heavy (non-hydrogen) atoms. The third-order valence-corrected chi connectivity index (χ3v) is 2.04. The van der Waals surface area contributed by atoms with Gasteiger partial charge in [0.2, 0.25) is 0 Å². The number of anilines is 1. The number of aryl methyl sites for hydroxylation is 1. The zero-order valence-electron chi connectivity index (χ0n) is 8.45. The van der Waals surface area contributed by atoms with Crippen molar-refractivity contribution in [1.29, 1.82) is 0 Å². The van der Waals surface area contributed by atoms with Crippen molar-refractivity contribution in [1.82, 2.24) is 0 Å². The molecule has 0 spiro atoms. The van der Waals surface area contributed by atoms with E-state index in [1.807, 2.05) is 31.2 Å². The molecule has 0 aromatic heterocycles. The lowest BCUT2D eigenvalue weighted by atomic mass is 10.1. The average molecular weight is 193 g/mol. The van der Waals surface area contributed by atoms with E-state index < -0.39 is 6.10 Å². The molecule has 1 unspecified atom stereocenters. The van der Waals surface area contributed by atoms with Gasteiger partial charge >= 0.3 is 0 Å². The summed E-state index contributed by atoms with van der Waals surface area (Å²) in [6.45, 7) is 3.47. The Balaban J connectivity index is 2.80. The molecule has 1 rings (SSSR count). The first-order valence-electron chi connectivity index (χ1n) is 4.72. The maximum absolute atomic E-state index is 11.2. The second-order valence-electron chi connectivity index (χ2n) is 3.18. The van der Waals surface area contributed by atoms with Crippen LogP contribution in [0.4, 0.5) is 5.69 Å². The summed E-state index contributed by atoms with van der Waals surface area (Å²) < 4.78 is 0. The highest BCUT2D eigenvalue weighted by molar-refractivity contribution is 5.94. The molecular weight excluding hydrogens is 178 g/mol.